The summed E-state index contributed by atoms with van der Waals surface area (Å²) in [4.78, 5) is 0.856. The van der Waals surface area contributed by atoms with E-state index in [-0.39, 0.29) is 16.3 Å². The molecule has 0 amide bonds. The van der Waals surface area contributed by atoms with Gasteiger partial charge >= 0.3 is 0 Å². The standard InChI is InChI=1S/C10H9BrN4O2S2/c1-6-8(3-9(11)18-6)19(16,17)14-10-7(4-12)5-13-15(10)2/h3,5,14H,1-2H3. The summed E-state index contributed by atoms with van der Waals surface area (Å²) < 4.78 is 29.0. The van der Waals surface area contributed by atoms with Crippen molar-refractivity contribution < 1.29 is 8.42 Å². The lowest BCUT2D eigenvalue weighted by Crippen LogP contribution is -2.16. The number of hydrogen-bond donors (Lipinski definition) is 1. The average Bonchev–Trinajstić information content (AvgIpc) is 2.83. The molecule has 2 aromatic heterocycles. The van der Waals surface area contributed by atoms with Crippen LogP contribution in [0.2, 0.25) is 0 Å². The molecule has 0 atom stereocenters. The van der Waals surface area contributed by atoms with Crippen LogP contribution < -0.4 is 4.72 Å². The monoisotopic (exact) mass is 360 g/mol. The van der Waals surface area contributed by atoms with Gasteiger partial charge in [0.2, 0.25) is 0 Å². The summed E-state index contributed by atoms with van der Waals surface area (Å²) in [7, 11) is -2.17. The lowest BCUT2D eigenvalue weighted by molar-refractivity contribution is 0.600. The minimum Gasteiger partial charge on any atom is -0.262 e. The molecule has 0 saturated heterocycles. The molecule has 0 saturated carbocycles. The quantitative estimate of drug-likeness (QED) is 0.908. The first-order chi connectivity index (χ1) is 8.85. The van der Waals surface area contributed by atoms with E-state index >= 15 is 0 Å². The Kier molecular flexibility index (Phi) is 3.66. The van der Waals surface area contributed by atoms with Gasteiger partial charge in [-0.05, 0) is 28.9 Å². The van der Waals surface area contributed by atoms with E-state index in [9.17, 15) is 8.42 Å². The molecule has 2 heterocycles. The fourth-order valence-corrected chi connectivity index (χ4v) is 5.04. The first-order valence-electron chi connectivity index (χ1n) is 5.06. The Bertz CT molecular complexity index is 770. The summed E-state index contributed by atoms with van der Waals surface area (Å²) >= 11 is 4.59. The number of hydrogen-bond acceptors (Lipinski definition) is 5. The smallest absolute Gasteiger partial charge is 0.262 e. The maximum atomic E-state index is 12.3. The average molecular weight is 361 g/mol. The SMILES string of the molecule is Cc1sc(Br)cc1S(=O)(=O)Nc1c(C#N)cnn1C. The van der Waals surface area contributed by atoms with E-state index in [1.54, 1.807) is 14.0 Å². The van der Waals surface area contributed by atoms with Crippen molar-refractivity contribution in [1.82, 2.24) is 9.78 Å². The predicted molar refractivity (Wildman–Crippen MR) is 75.5 cm³/mol. The van der Waals surface area contributed by atoms with Crippen molar-refractivity contribution in [3.05, 3.63) is 26.5 Å². The minimum absolute atomic E-state index is 0.157. The second-order valence-electron chi connectivity index (χ2n) is 3.72. The van der Waals surface area contributed by atoms with Crippen LogP contribution in [0, 0.1) is 18.3 Å². The molecule has 0 bridgehead atoms. The van der Waals surface area contributed by atoms with Gasteiger partial charge in [0.25, 0.3) is 10.0 Å². The number of nitrogens with zero attached hydrogens (tertiary/aromatic N) is 3. The van der Waals surface area contributed by atoms with Crippen LogP contribution in [0.15, 0.2) is 20.9 Å². The molecule has 6 nitrogen and oxygen atoms in total. The van der Waals surface area contributed by atoms with Gasteiger partial charge in [-0.15, -0.1) is 11.3 Å². The third-order valence-electron chi connectivity index (χ3n) is 2.42. The van der Waals surface area contributed by atoms with Gasteiger partial charge in [0.15, 0.2) is 5.82 Å². The van der Waals surface area contributed by atoms with Gasteiger partial charge in [-0.2, -0.15) is 10.4 Å². The molecule has 0 aliphatic heterocycles. The van der Waals surface area contributed by atoms with Gasteiger partial charge in [-0.3, -0.25) is 9.40 Å². The number of aromatic nitrogens is 2. The predicted octanol–water partition coefficient (Wildman–Crippen LogP) is 2.22. The summed E-state index contributed by atoms with van der Waals surface area (Å²) in [6.07, 6.45) is 1.31. The molecule has 0 spiro atoms. The van der Waals surface area contributed by atoms with Crippen LogP contribution in [-0.2, 0) is 17.1 Å². The van der Waals surface area contributed by atoms with Crippen LogP contribution >= 0.6 is 27.3 Å². The van der Waals surface area contributed by atoms with E-state index in [0.29, 0.717) is 4.88 Å². The second-order valence-corrected chi connectivity index (χ2v) is 8.01. The van der Waals surface area contributed by atoms with E-state index in [2.05, 4.69) is 25.8 Å². The van der Waals surface area contributed by atoms with Gasteiger partial charge in [-0.25, -0.2) is 8.42 Å². The molecule has 0 unspecified atom stereocenters. The largest absolute Gasteiger partial charge is 0.264 e. The number of thiophene rings is 1. The van der Waals surface area contributed by atoms with E-state index in [1.165, 1.54) is 28.3 Å². The Hall–Kier alpha value is -1.37. The summed E-state index contributed by atoms with van der Waals surface area (Å²) in [5.41, 5.74) is 0.179. The van der Waals surface area contributed by atoms with Crippen LogP contribution in [0.25, 0.3) is 0 Å². The maximum Gasteiger partial charge on any atom is 0.264 e. The topological polar surface area (TPSA) is 87.8 Å². The number of anilines is 1. The first-order valence-corrected chi connectivity index (χ1v) is 8.15. The normalized spacial score (nSPS) is 11.3. The zero-order valence-corrected chi connectivity index (χ0v) is 13.2. The zero-order valence-electron chi connectivity index (χ0n) is 10.0. The fourth-order valence-electron chi connectivity index (χ4n) is 1.52. The summed E-state index contributed by atoms with van der Waals surface area (Å²) in [5, 5.41) is 12.8. The van der Waals surface area contributed by atoms with Crippen molar-refractivity contribution in [2.24, 2.45) is 7.05 Å². The Morgan fingerprint density at radius 2 is 2.26 bits per heavy atom. The van der Waals surface area contributed by atoms with Crippen molar-refractivity contribution in [3.8, 4) is 6.07 Å². The lowest BCUT2D eigenvalue weighted by Gasteiger charge is -2.08. The highest BCUT2D eigenvalue weighted by atomic mass is 79.9. The molecule has 100 valence electrons. The summed E-state index contributed by atoms with van der Waals surface area (Å²) in [6.45, 7) is 1.72. The zero-order chi connectivity index (χ0) is 14.2. The highest BCUT2D eigenvalue weighted by molar-refractivity contribution is 9.11. The van der Waals surface area contributed by atoms with E-state index < -0.39 is 10.0 Å². The Morgan fingerprint density at radius 3 is 2.79 bits per heavy atom. The van der Waals surface area contributed by atoms with Gasteiger partial charge in [0.05, 0.1) is 9.98 Å². The highest BCUT2D eigenvalue weighted by Gasteiger charge is 2.22. The van der Waals surface area contributed by atoms with E-state index in [0.717, 1.165) is 3.79 Å². The van der Waals surface area contributed by atoms with Crippen LogP contribution in [0.3, 0.4) is 0 Å². The molecule has 9 heteroatoms. The van der Waals surface area contributed by atoms with Gasteiger partial charge in [-0.1, -0.05) is 0 Å². The van der Waals surface area contributed by atoms with Crippen LogP contribution in [0.1, 0.15) is 10.4 Å². The van der Waals surface area contributed by atoms with Crippen molar-refractivity contribution in [3.63, 3.8) is 0 Å². The molecule has 0 radical (unpaired) electrons. The molecule has 2 rings (SSSR count). The van der Waals surface area contributed by atoms with Crippen molar-refractivity contribution in [2.45, 2.75) is 11.8 Å². The number of aryl methyl sites for hydroxylation is 2. The molecule has 0 aromatic carbocycles. The summed E-state index contributed by atoms with van der Waals surface area (Å²) in [6, 6.07) is 3.43. The van der Waals surface area contributed by atoms with Gasteiger partial charge in [0.1, 0.15) is 16.5 Å². The van der Waals surface area contributed by atoms with Gasteiger partial charge < -0.3 is 0 Å². The van der Waals surface area contributed by atoms with Crippen molar-refractivity contribution >= 4 is 43.1 Å². The first kappa shape index (κ1) is 14.0. The number of nitrogens with one attached hydrogen (secondary N) is 1. The molecule has 19 heavy (non-hydrogen) atoms. The number of halogens is 1. The number of rotatable bonds is 3. The maximum absolute atomic E-state index is 12.3. The second kappa shape index (κ2) is 4.96. The molecule has 0 fully saturated rings. The lowest BCUT2D eigenvalue weighted by atomic mass is 10.4. The molecule has 2 aromatic rings. The Labute approximate surface area is 122 Å². The number of nitriles is 1. The van der Waals surface area contributed by atoms with Crippen molar-refractivity contribution in [2.75, 3.05) is 4.72 Å². The Morgan fingerprint density at radius 1 is 1.58 bits per heavy atom. The van der Waals surface area contributed by atoms with Crippen LogP contribution in [0.5, 0.6) is 0 Å². The fraction of sp³-hybridized carbons (Fsp3) is 0.200. The van der Waals surface area contributed by atoms with E-state index in [1.807, 2.05) is 6.07 Å². The highest BCUT2D eigenvalue weighted by Crippen LogP contribution is 2.31. The molecule has 0 aliphatic rings. The number of sulfonamides is 1. The molecule has 1 N–H and O–H groups in total. The minimum atomic E-state index is -3.73. The summed E-state index contributed by atoms with van der Waals surface area (Å²) in [5.74, 6) is 0.157. The van der Waals surface area contributed by atoms with Crippen LogP contribution in [0.4, 0.5) is 5.82 Å². The molecular formula is C10H9BrN4O2S2. The van der Waals surface area contributed by atoms with Gasteiger partial charge in [0, 0.05) is 11.9 Å². The molecule has 0 aliphatic carbocycles. The molecular weight excluding hydrogens is 352 g/mol. The van der Waals surface area contributed by atoms with Crippen molar-refractivity contribution in [1.29, 1.82) is 5.26 Å². The third kappa shape index (κ3) is 2.65. The Balaban J connectivity index is 2.45. The van der Waals surface area contributed by atoms with Crippen LogP contribution in [-0.4, -0.2) is 18.2 Å². The third-order valence-corrected chi connectivity index (χ3v) is 5.57. The van der Waals surface area contributed by atoms with E-state index in [4.69, 9.17) is 5.26 Å².